The lowest BCUT2D eigenvalue weighted by molar-refractivity contribution is 0.608. The minimum atomic E-state index is 0.725. The first-order valence-electron chi connectivity index (χ1n) is 3.87. The topological polar surface area (TPSA) is 0 Å². The fourth-order valence-corrected chi connectivity index (χ4v) is 1.33. The molecule has 0 aromatic carbocycles. The second kappa shape index (κ2) is 3.40. The molecule has 0 saturated carbocycles. The Bertz CT molecular complexity index is 172. The molecule has 0 amide bonds. The summed E-state index contributed by atoms with van der Waals surface area (Å²) >= 11 is 0. The van der Waals surface area contributed by atoms with Crippen molar-refractivity contribution in [3.63, 3.8) is 0 Å². The van der Waals surface area contributed by atoms with Crippen LogP contribution in [0.25, 0.3) is 0 Å². The Morgan fingerprint density at radius 3 is 3.10 bits per heavy atom. The molecule has 0 N–H and O–H groups in total. The average Bonchev–Trinajstić information content (AvgIpc) is 2.04. The second-order valence-electron chi connectivity index (χ2n) is 2.64. The Kier molecular flexibility index (Phi) is 2.49. The Morgan fingerprint density at radius 1 is 1.80 bits per heavy atom. The molecule has 1 rings (SSSR count). The van der Waals surface area contributed by atoms with Gasteiger partial charge in [-0.25, -0.2) is 0 Å². The maximum absolute atomic E-state index is 3.78. The summed E-state index contributed by atoms with van der Waals surface area (Å²) in [5, 5.41) is 0. The molecule has 1 aliphatic carbocycles. The van der Waals surface area contributed by atoms with Gasteiger partial charge in [0.05, 0.1) is 0 Å². The zero-order valence-electron chi connectivity index (χ0n) is 6.51. The summed E-state index contributed by atoms with van der Waals surface area (Å²) in [4.78, 5) is 0. The predicted octanol–water partition coefficient (Wildman–Crippen LogP) is 3.08. The molecule has 0 spiro atoms. The van der Waals surface area contributed by atoms with Crippen molar-refractivity contribution in [3.05, 3.63) is 36.5 Å². The van der Waals surface area contributed by atoms with Gasteiger partial charge in [-0.2, -0.15) is 0 Å². The largest absolute Gasteiger partial charge is 0.0988 e. The predicted molar refractivity (Wildman–Crippen MR) is 45.8 cm³/mol. The van der Waals surface area contributed by atoms with Crippen LogP contribution in [0.3, 0.4) is 0 Å². The molecule has 0 saturated heterocycles. The molecule has 0 aromatic rings. The lowest BCUT2D eigenvalue weighted by Crippen LogP contribution is -2.01. The number of rotatable bonds is 2. The van der Waals surface area contributed by atoms with Gasteiger partial charge in [-0.3, -0.25) is 0 Å². The van der Waals surface area contributed by atoms with Gasteiger partial charge in [0.2, 0.25) is 0 Å². The van der Waals surface area contributed by atoms with E-state index in [1.165, 1.54) is 18.4 Å². The van der Waals surface area contributed by atoms with E-state index in [0.29, 0.717) is 0 Å². The molecule has 0 radical (unpaired) electrons. The van der Waals surface area contributed by atoms with E-state index in [1.807, 2.05) is 6.08 Å². The maximum atomic E-state index is 3.78. The Balaban J connectivity index is 2.70. The molecule has 1 atom stereocenters. The average molecular weight is 134 g/mol. The van der Waals surface area contributed by atoms with Crippen molar-refractivity contribution in [2.75, 3.05) is 0 Å². The van der Waals surface area contributed by atoms with E-state index in [9.17, 15) is 0 Å². The van der Waals surface area contributed by atoms with Gasteiger partial charge < -0.3 is 0 Å². The van der Waals surface area contributed by atoms with Gasteiger partial charge in [-0.1, -0.05) is 37.8 Å². The van der Waals surface area contributed by atoms with E-state index < -0.39 is 0 Å². The zero-order chi connectivity index (χ0) is 7.40. The van der Waals surface area contributed by atoms with E-state index in [2.05, 4.69) is 31.7 Å². The van der Waals surface area contributed by atoms with Crippen molar-refractivity contribution in [3.8, 4) is 0 Å². The molecule has 10 heavy (non-hydrogen) atoms. The first-order valence-corrected chi connectivity index (χ1v) is 3.87. The maximum Gasteiger partial charge on any atom is -0.0130 e. The van der Waals surface area contributed by atoms with Crippen molar-refractivity contribution in [2.24, 2.45) is 5.92 Å². The van der Waals surface area contributed by atoms with Gasteiger partial charge in [-0.05, 0) is 24.3 Å². The van der Waals surface area contributed by atoms with Crippen LogP contribution in [0.2, 0.25) is 0 Å². The Morgan fingerprint density at radius 2 is 2.60 bits per heavy atom. The molecule has 1 unspecified atom stereocenters. The van der Waals surface area contributed by atoms with E-state index in [0.717, 1.165) is 5.92 Å². The molecular formula is C10H14. The monoisotopic (exact) mass is 134 g/mol. The van der Waals surface area contributed by atoms with Gasteiger partial charge >= 0.3 is 0 Å². The minimum Gasteiger partial charge on any atom is -0.0988 e. The van der Waals surface area contributed by atoms with Crippen LogP contribution in [0.15, 0.2) is 36.5 Å². The van der Waals surface area contributed by atoms with Crippen molar-refractivity contribution in [1.29, 1.82) is 0 Å². The van der Waals surface area contributed by atoms with E-state index in [4.69, 9.17) is 0 Å². The number of hydrogen-bond donors (Lipinski definition) is 0. The molecule has 0 aromatic heterocycles. The third kappa shape index (κ3) is 1.38. The molecule has 1 aliphatic rings. The third-order valence-electron chi connectivity index (χ3n) is 2.05. The number of hydrogen-bond acceptors (Lipinski definition) is 0. The Hall–Kier alpha value is -0.780. The van der Waals surface area contributed by atoms with Crippen molar-refractivity contribution < 1.29 is 0 Å². The lowest BCUT2D eigenvalue weighted by atomic mass is 9.89. The van der Waals surface area contributed by atoms with Crippen molar-refractivity contribution in [2.45, 2.75) is 19.8 Å². The summed E-state index contributed by atoms with van der Waals surface area (Å²) in [6.07, 6.45) is 10.9. The molecule has 0 nitrogen and oxygen atoms in total. The van der Waals surface area contributed by atoms with Crippen LogP contribution in [-0.4, -0.2) is 0 Å². The lowest BCUT2D eigenvalue weighted by Gasteiger charge is -2.16. The molecule has 0 aliphatic heterocycles. The summed E-state index contributed by atoms with van der Waals surface area (Å²) in [6, 6.07) is 0. The van der Waals surface area contributed by atoms with Gasteiger partial charge in [-0.15, -0.1) is 0 Å². The second-order valence-corrected chi connectivity index (χ2v) is 2.64. The van der Waals surface area contributed by atoms with E-state index >= 15 is 0 Å². The summed E-state index contributed by atoms with van der Waals surface area (Å²) in [7, 11) is 0. The normalized spacial score (nSPS) is 24.1. The fourth-order valence-electron chi connectivity index (χ4n) is 1.33. The first-order chi connectivity index (χ1) is 4.88. The highest BCUT2D eigenvalue weighted by atomic mass is 14.1. The fraction of sp³-hybridized carbons (Fsp3) is 0.400. The van der Waals surface area contributed by atoms with Gasteiger partial charge in [0.25, 0.3) is 0 Å². The van der Waals surface area contributed by atoms with Gasteiger partial charge in [0, 0.05) is 0 Å². The summed E-state index contributed by atoms with van der Waals surface area (Å²) in [6.45, 7) is 6.00. The molecule has 0 heterocycles. The quantitative estimate of drug-likeness (QED) is 0.544. The molecule has 54 valence electrons. The standard InChI is InChI=1S/C10H14/c1-3-9-7-5-6-8-10(9)4-2/h3,5-7,10H,1,4,8H2,2H3. The van der Waals surface area contributed by atoms with Gasteiger partial charge in [0.15, 0.2) is 0 Å². The minimum absolute atomic E-state index is 0.725. The number of allylic oxidation sites excluding steroid dienone is 5. The SMILES string of the molecule is C=CC1=CC=CCC1CC. The van der Waals surface area contributed by atoms with Crippen LogP contribution in [0.4, 0.5) is 0 Å². The molecule has 0 heteroatoms. The van der Waals surface area contributed by atoms with E-state index in [-0.39, 0.29) is 0 Å². The summed E-state index contributed by atoms with van der Waals surface area (Å²) in [5.74, 6) is 0.725. The van der Waals surface area contributed by atoms with Crippen molar-refractivity contribution in [1.82, 2.24) is 0 Å². The van der Waals surface area contributed by atoms with Crippen LogP contribution in [0.5, 0.6) is 0 Å². The molecule has 0 bridgehead atoms. The molecular weight excluding hydrogens is 120 g/mol. The first kappa shape index (κ1) is 7.33. The molecule has 0 fully saturated rings. The highest BCUT2D eigenvalue weighted by Gasteiger charge is 2.08. The highest BCUT2D eigenvalue weighted by molar-refractivity contribution is 5.28. The smallest absolute Gasteiger partial charge is 0.0130 e. The van der Waals surface area contributed by atoms with E-state index in [1.54, 1.807) is 0 Å². The zero-order valence-corrected chi connectivity index (χ0v) is 6.51. The third-order valence-corrected chi connectivity index (χ3v) is 2.05. The summed E-state index contributed by atoms with van der Waals surface area (Å²) in [5.41, 5.74) is 1.39. The Labute approximate surface area is 62.9 Å². The van der Waals surface area contributed by atoms with Crippen LogP contribution in [0, 0.1) is 5.92 Å². The van der Waals surface area contributed by atoms with Crippen molar-refractivity contribution >= 4 is 0 Å². The summed E-state index contributed by atoms with van der Waals surface area (Å²) < 4.78 is 0. The van der Waals surface area contributed by atoms with Crippen LogP contribution in [-0.2, 0) is 0 Å². The van der Waals surface area contributed by atoms with Gasteiger partial charge in [0.1, 0.15) is 0 Å². The van der Waals surface area contributed by atoms with Crippen LogP contribution < -0.4 is 0 Å². The van der Waals surface area contributed by atoms with Crippen LogP contribution >= 0.6 is 0 Å². The highest BCUT2D eigenvalue weighted by Crippen LogP contribution is 2.23. The van der Waals surface area contributed by atoms with Crippen LogP contribution in [0.1, 0.15) is 19.8 Å².